The second-order valence-electron chi connectivity index (χ2n) is 6.17. The predicted molar refractivity (Wildman–Crippen MR) is 76.8 cm³/mol. The first-order chi connectivity index (χ1) is 8.86. The van der Waals surface area contributed by atoms with Gasteiger partial charge in [-0.15, -0.1) is 0 Å². The fourth-order valence-corrected chi connectivity index (χ4v) is 3.25. The Morgan fingerprint density at radius 2 is 1.94 bits per heavy atom. The number of benzene rings is 1. The number of nitrogens with one attached hydrogen (secondary N) is 1. The van der Waals surface area contributed by atoms with Crippen LogP contribution >= 0.6 is 0 Å². The molecular formula is C17H25N. The van der Waals surface area contributed by atoms with Crippen LogP contribution in [0, 0.1) is 5.92 Å². The van der Waals surface area contributed by atoms with Crippen molar-refractivity contribution < 1.29 is 0 Å². The summed E-state index contributed by atoms with van der Waals surface area (Å²) in [4.78, 5) is 0. The summed E-state index contributed by atoms with van der Waals surface area (Å²) in [7, 11) is 2.11. The fraction of sp³-hybridized carbons (Fsp3) is 0.647. The maximum Gasteiger partial charge on any atom is 0.0320 e. The van der Waals surface area contributed by atoms with E-state index in [2.05, 4.69) is 36.6 Å². The smallest absolute Gasteiger partial charge is 0.0320 e. The van der Waals surface area contributed by atoms with Gasteiger partial charge in [0.1, 0.15) is 0 Å². The summed E-state index contributed by atoms with van der Waals surface area (Å²) in [5.74, 6) is 1.82. The van der Waals surface area contributed by atoms with Gasteiger partial charge >= 0.3 is 0 Å². The highest BCUT2D eigenvalue weighted by atomic mass is 14.9. The zero-order valence-electron chi connectivity index (χ0n) is 11.5. The molecule has 2 fully saturated rings. The van der Waals surface area contributed by atoms with Gasteiger partial charge < -0.3 is 5.32 Å². The molecule has 0 aliphatic heterocycles. The van der Waals surface area contributed by atoms with Gasteiger partial charge in [-0.05, 0) is 49.3 Å². The van der Waals surface area contributed by atoms with E-state index in [1.54, 1.807) is 5.56 Å². The zero-order valence-corrected chi connectivity index (χ0v) is 11.5. The van der Waals surface area contributed by atoms with Gasteiger partial charge in [0.15, 0.2) is 0 Å². The minimum absolute atomic E-state index is 0.565. The minimum Gasteiger partial charge on any atom is -0.313 e. The summed E-state index contributed by atoms with van der Waals surface area (Å²) < 4.78 is 0. The van der Waals surface area contributed by atoms with E-state index in [1.165, 1.54) is 50.5 Å². The van der Waals surface area contributed by atoms with E-state index in [0.29, 0.717) is 6.04 Å². The Balaban J connectivity index is 1.71. The summed E-state index contributed by atoms with van der Waals surface area (Å²) in [5.41, 5.74) is 3.08. The lowest BCUT2D eigenvalue weighted by molar-refractivity contribution is 0.265. The first kappa shape index (κ1) is 12.2. The topological polar surface area (TPSA) is 12.0 Å². The molecule has 0 bridgehead atoms. The monoisotopic (exact) mass is 243 g/mol. The Morgan fingerprint density at radius 3 is 2.50 bits per heavy atom. The molecule has 18 heavy (non-hydrogen) atoms. The summed E-state index contributed by atoms with van der Waals surface area (Å²) in [5, 5.41) is 3.52. The molecule has 1 atom stereocenters. The average molecular weight is 243 g/mol. The molecule has 1 N–H and O–H groups in total. The van der Waals surface area contributed by atoms with Crippen molar-refractivity contribution in [2.45, 2.75) is 56.9 Å². The van der Waals surface area contributed by atoms with E-state index in [0.717, 1.165) is 11.8 Å². The van der Waals surface area contributed by atoms with Crippen LogP contribution in [0.4, 0.5) is 0 Å². The van der Waals surface area contributed by atoms with Crippen LogP contribution in [-0.2, 0) is 0 Å². The van der Waals surface area contributed by atoms with Gasteiger partial charge in [-0.2, -0.15) is 0 Å². The van der Waals surface area contributed by atoms with Crippen LogP contribution in [0.3, 0.4) is 0 Å². The molecule has 3 rings (SSSR count). The quantitative estimate of drug-likeness (QED) is 0.808. The molecule has 1 aromatic carbocycles. The highest BCUT2D eigenvalue weighted by Gasteiger charge is 2.24. The molecule has 2 saturated carbocycles. The lowest BCUT2D eigenvalue weighted by atomic mass is 9.77. The van der Waals surface area contributed by atoms with Crippen LogP contribution in [0.1, 0.15) is 68.0 Å². The van der Waals surface area contributed by atoms with Gasteiger partial charge in [-0.1, -0.05) is 49.9 Å². The van der Waals surface area contributed by atoms with Gasteiger partial charge in [0.25, 0.3) is 0 Å². The summed E-state index contributed by atoms with van der Waals surface area (Å²) in [6.45, 7) is 0. The Bertz CT molecular complexity index is 390. The zero-order chi connectivity index (χ0) is 12.4. The van der Waals surface area contributed by atoms with Gasteiger partial charge in [0, 0.05) is 6.04 Å². The van der Waals surface area contributed by atoms with Crippen LogP contribution in [0.2, 0.25) is 0 Å². The van der Waals surface area contributed by atoms with Crippen LogP contribution in [0.15, 0.2) is 24.3 Å². The van der Waals surface area contributed by atoms with Crippen LogP contribution in [0.5, 0.6) is 0 Å². The SMILES string of the molecule is CNC(CC1CCC1)c1cccc(C2CCC2)c1. The third-order valence-corrected chi connectivity index (χ3v) is 5.03. The highest BCUT2D eigenvalue weighted by Crippen LogP contribution is 2.38. The summed E-state index contributed by atoms with van der Waals surface area (Å²) >= 11 is 0. The lowest BCUT2D eigenvalue weighted by Gasteiger charge is -2.31. The molecule has 98 valence electrons. The van der Waals surface area contributed by atoms with Crippen molar-refractivity contribution in [2.75, 3.05) is 7.05 Å². The van der Waals surface area contributed by atoms with Crippen molar-refractivity contribution in [2.24, 2.45) is 5.92 Å². The van der Waals surface area contributed by atoms with Crippen molar-refractivity contribution in [1.82, 2.24) is 5.32 Å². The molecule has 1 nitrogen and oxygen atoms in total. The Labute approximate surface area is 111 Å². The van der Waals surface area contributed by atoms with Crippen molar-refractivity contribution in [1.29, 1.82) is 0 Å². The lowest BCUT2D eigenvalue weighted by Crippen LogP contribution is -2.23. The first-order valence-electron chi connectivity index (χ1n) is 7.64. The second-order valence-corrected chi connectivity index (χ2v) is 6.17. The summed E-state index contributed by atoms with van der Waals surface area (Å²) in [6, 6.07) is 9.92. The molecule has 0 spiro atoms. The molecule has 0 amide bonds. The van der Waals surface area contributed by atoms with E-state index in [9.17, 15) is 0 Å². The van der Waals surface area contributed by atoms with E-state index in [1.807, 2.05) is 0 Å². The third kappa shape index (κ3) is 2.47. The number of hydrogen-bond donors (Lipinski definition) is 1. The summed E-state index contributed by atoms with van der Waals surface area (Å²) in [6.07, 6.45) is 9.88. The van der Waals surface area contributed by atoms with Gasteiger partial charge in [-0.3, -0.25) is 0 Å². The van der Waals surface area contributed by atoms with Gasteiger partial charge in [0.05, 0.1) is 0 Å². The standard InChI is InChI=1S/C17H25N/c1-18-17(11-13-5-2-6-13)16-10-4-9-15(12-16)14-7-3-8-14/h4,9-10,12-14,17-18H,2-3,5-8,11H2,1H3. The molecule has 1 aromatic rings. The van der Waals surface area contributed by atoms with Crippen molar-refractivity contribution in [3.05, 3.63) is 35.4 Å². The van der Waals surface area contributed by atoms with E-state index in [-0.39, 0.29) is 0 Å². The Hall–Kier alpha value is -0.820. The van der Waals surface area contributed by atoms with E-state index in [4.69, 9.17) is 0 Å². The normalized spacial score (nSPS) is 22.3. The Morgan fingerprint density at radius 1 is 1.17 bits per heavy atom. The molecule has 0 heterocycles. The molecule has 2 aliphatic carbocycles. The predicted octanol–water partition coefficient (Wildman–Crippen LogP) is 4.40. The van der Waals surface area contributed by atoms with Gasteiger partial charge in [0.2, 0.25) is 0 Å². The molecule has 2 aliphatic rings. The average Bonchev–Trinajstić information content (AvgIpc) is 2.26. The van der Waals surface area contributed by atoms with Crippen molar-refractivity contribution in [3.63, 3.8) is 0 Å². The van der Waals surface area contributed by atoms with Crippen LogP contribution in [-0.4, -0.2) is 7.05 Å². The molecule has 0 radical (unpaired) electrons. The highest BCUT2D eigenvalue weighted by molar-refractivity contribution is 5.29. The molecule has 0 saturated heterocycles. The van der Waals surface area contributed by atoms with Crippen LogP contribution < -0.4 is 5.32 Å². The van der Waals surface area contributed by atoms with E-state index < -0.39 is 0 Å². The molecule has 1 unspecified atom stereocenters. The second kappa shape index (κ2) is 5.44. The van der Waals surface area contributed by atoms with Crippen molar-refractivity contribution in [3.8, 4) is 0 Å². The fourth-order valence-electron chi connectivity index (χ4n) is 3.25. The number of hydrogen-bond acceptors (Lipinski definition) is 1. The van der Waals surface area contributed by atoms with Crippen LogP contribution in [0.25, 0.3) is 0 Å². The molecular weight excluding hydrogens is 218 g/mol. The van der Waals surface area contributed by atoms with Gasteiger partial charge in [-0.25, -0.2) is 0 Å². The Kier molecular flexibility index (Phi) is 3.69. The first-order valence-corrected chi connectivity index (χ1v) is 7.64. The van der Waals surface area contributed by atoms with Crippen molar-refractivity contribution >= 4 is 0 Å². The largest absolute Gasteiger partial charge is 0.313 e. The molecule has 0 aromatic heterocycles. The maximum absolute atomic E-state index is 3.52. The third-order valence-electron chi connectivity index (χ3n) is 5.03. The number of rotatable bonds is 5. The minimum atomic E-state index is 0.565. The maximum atomic E-state index is 3.52. The van der Waals surface area contributed by atoms with E-state index >= 15 is 0 Å². The molecule has 1 heteroatoms.